The van der Waals surface area contributed by atoms with E-state index in [1.165, 1.54) is 50.3 Å². The Kier molecular flexibility index (Phi) is 13.7. The zero-order valence-corrected chi connectivity index (χ0v) is 29.1. The van der Waals surface area contributed by atoms with Gasteiger partial charge in [0.05, 0.1) is 25.4 Å². The minimum atomic E-state index is -1.84. The highest BCUT2D eigenvalue weighted by atomic mass is 16.8. The van der Waals surface area contributed by atoms with E-state index < -0.39 is 105 Å². The Bertz CT molecular complexity index is 1590. The molecule has 3 heterocycles. The molecule has 300 valence electrons. The predicted molar refractivity (Wildman–Crippen MR) is 178 cm³/mol. The van der Waals surface area contributed by atoms with Gasteiger partial charge >= 0.3 is 5.97 Å². The van der Waals surface area contributed by atoms with Gasteiger partial charge in [0, 0.05) is 12.5 Å². The van der Waals surface area contributed by atoms with Crippen LogP contribution in [0.15, 0.2) is 42.5 Å². The maximum absolute atomic E-state index is 12.1. The Labute approximate surface area is 308 Å². The van der Waals surface area contributed by atoms with Crippen LogP contribution in [0.25, 0.3) is 6.08 Å². The molecule has 11 N–H and O–H groups in total. The van der Waals surface area contributed by atoms with Crippen molar-refractivity contribution >= 4 is 12.0 Å². The molecular formula is C35H46O19. The fourth-order valence-electron chi connectivity index (χ4n) is 6.02. The number of aromatic hydroxyl groups is 3. The summed E-state index contributed by atoms with van der Waals surface area (Å²) >= 11 is 0. The van der Waals surface area contributed by atoms with Gasteiger partial charge in [0.15, 0.2) is 35.6 Å². The topological polar surface area (TPSA) is 304 Å². The first-order valence-electron chi connectivity index (χ1n) is 17.1. The number of phenolic OH excluding ortho intramolecular Hbond substituents is 3. The number of benzene rings is 2. The van der Waals surface area contributed by atoms with E-state index >= 15 is 0 Å². The van der Waals surface area contributed by atoms with Gasteiger partial charge in [-0.15, -0.1) is 0 Å². The van der Waals surface area contributed by atoms with Crippen molar-refractivity contribution in [3.63, 3.8) is 0 Å². The smallest absolute Gasteiger partial charge is 0.330 e. The third-order valence-electron chi connectivity index (χ3n) is 9.28. The van der Waals surface area contributed by atoms with E-state index in [9.17, 15) is 61.0 Å². The van der Waals surface area contributed by atoms with Crippen LogP contribution in [-0.4, -0.2) is 167 Å². The van der Waals surface area contributed by atoms with Crippen molar-refractivity contribution in [3.8, 4) is 23.0 Å². The van der Waals surface area contributed by atoms with Crippen LogP contribution in [0.4, 0.5) is 0 Å². The van der Waals surface area contributed by atoms with Crippen molar-refractivity contribution in [1.82, 2.24) is 0 Å². The highest BCUT2D eigenvalue weighted by molar-refractivity contribution is 5.87. The molecule has 0 aromatic heterocycles. The SMILES string of the molecule is CC1OC(OCC2OC(OC3C(C)OC(Oc4ccc(CCOC(=O)C=Cc5ccc(O)c(O)c5)cc4O)C(O)C3O)C(O)C(O)C2O)C(O)C(O)C1O. The standard InChI is InChI=1S/C35H46O19/c1-14-24(40)26(42)29(45)33(50-14)49-13-22-25(41)27(43)30(46)35(53-22)54-32-15(2)51-34(31(47)28(32)44)52-21-7-4-17(12-20(21)38)9-10-48-23(39)8-5-16-3-6-18(36)19(37)11-16/h3-8,11-12,14-15,22,24-38,40-47H,9-10,13H2,1-2H3. The third-order valence-corrected chi connectivity index (χ3v) is 9.28. The Morgan fingerprint density at radius 3 is 2.06 bits per heavy atom. The van der Waals surface area contributed by atoms with Crippen molar-refractivity contribution in [3.05, 3.63) is 53.6 Å². The van der Waals surface area contributed by atoms with Crippen LogP contribution in [0.5, 0.6) is 23.0 Å². The molecule has 3 aliphatic rings. The molecule has 54 heavy (non-hydrogen) atoms. The molecule has 2 aromatic carbocycles. The second-order valence-electron chi connectivity index (χ2n) is 13.2. The fourth-order valence-corrected chi connectivity index (χ4v) is 6.02. The summed E-state index contributed by atoms with van der Waals surface area (Å²) in [6.45, 7) is 2.30. The molecule has 19 nitrogen and oxygen atoms in total. The summed E-state index contributed by atoms with van der Waals surface area (Å²) in [5.74, 6) is -1.77. The van der Waals surface area contributed by atoms with Crippen molar-refractivity contribution in [2.75, 3.05) is 13.2 Å². The quantitative estimate of drug-likeness (QED) is 0.0603. The van der Waals surface area contributed by atoms with Crippen LogP contribution in [0.1, 0.15) is 25.0 Å². The third kappa shape index (κ3) is 9.58. The van der Waals surface area contributed by atoms with Crippen molar-refractivity contribution in [2.45, 2.75) is 112 Å². The van der Waals surface area contributed by atoms with Gasteiger partial charge in [0.1, 0.15) is 61.0 Å². The largest absolute Gasteiger partial charge is 0.504 e. The van der Waals surface area contributed by atoms with Gasteiger partial charge in [-0.1, -0.05) is 12.1 Å². The molecule has 3 aliphatic heterocycles. The van der Waals surface area contributed by atoms with Gasteiger partial charge < -0.3 is 89.3 Å². The van der Waals surface area contributed by atoms with Crippen LogP contribution in [0, 0.1) is 0 Å². The molecule has 0 saturated carbocycles. The predicted octanol–water partition coefficient (Wildman–Crippen LogP) is -2.52. The first kappa shape index (κ1) is 41.5. The number of carbonyl (C=O) groups is 1. The summed E-state index contributed by atoms with van der Waals surface area (Å²) in [7, 11) is 0. The lowest BCUT2D eigenvalue weighted by molar-refractivity contribution is -0.356. The maximum atomic E-state index is 12.1. The average molecular weight is 771 g/mol. The second kappa shape index (κ2) is 17.9. The molecule has 2 aromatic rings. The van der Waals surface area contributed by atoms with E-state index in [0.717, 1.165) is 6.08 Å². The lowest BCUT2D eigenvalue weighted by atomic mass is 9.97. The summed E-state index contributed by atoms with van der Waals surface area (Å²) in [5.41, 5.74) is 1.02. The van der Waals surface area contributed by atoms with Gasteiger partial charge in [-0.05, 0) is 55.3 Å². The molecule has 15 atom stereocenters. The Morgan fingerprint density at radius 1 is 0.685 bits per heavy atom. The minimum Gasteiger partial charge on any atom is -0.504 e. The summed E-state index contributed by atoms with van der Waals surface area (Å²) in [6.07, 6.45) is -20.2. The molecule has 5 rings (SSSR count). The van der Waals surface area contributed by atoms with Crippen LogP contribution in [0.2, 0.25) is 0 Å². The summed E-state index contributed by atoms with van der Waals surface area (Å²) in [5, 5.41) is 113. The molecule has 0 bridgehead atoms. The van der Waals surface area contributed by atoms with Gasteiger partial charge in [0.25, 0.3) is 0 Å². The van der Waals surface area contributed by atoms with Crippen molar-refractivity contribution in [1.29, 1.82) is 0 Å². The number of carbonyl (C=O) groups excluding carboxylic acids is 1. The lowest BCUT2D eigenvalue weighted by Gasteiger charge is -2.46. The second-order valence-corrected chi connectivity index (χ2v) is 13.2. The Balaban J connectivity index is 1.12. The summed E-state index contributed by atoms with van der Waals surface area (Å²) < 4.78 is 38.7. The van der Waals surface area contributed by atoms with E-state index in [0.29, 0.717) is 11.1 Å². The number of hydrogen-bond donors (Lipinski definition) is 11. The first-order chi connectivity index (χ1) is 25.5. The van der Waals surface area contributed by atoms with E-state index in [-0.39, 0.29) is 36.0 Å². The van der Waals surface area contributed by atoms with Gasteiger partial charge in [-0.2, -0.15) is 0 Å². The monoisotopic (exact) mass is 770 g/mol. The van der Waals surface area contributed by atoms with Crippen LogP contribution in [0.3, 0.4) is 0 Å². The number of phenols is 3. The number of rotatable bonds is 12. The van der Waals surface area contributed by atoms with E-state index in [2.05, 4.69) is 0 Å². The van der Waals surface area contributed by atoms with Gasteiger partial charge in [-0.25, -0.2) is 4.79 Å². The molecule has 15 unspecified atom stereocenters. The van der Waals surface area contributed by atoms with Gasteiger partial charge in [-0.3, -0.25) is 0 Å². The molecule has 3 fully saturated rings. The van der Waals surface area contributed by atoms with Gasteiger partial charge in [0.2, 0.25) is 6.29 Å². The number of aliphatic hydroxyl groups excluding tert-OH is 8. The van der Waals surface area contributed by atoms with Crippen LogP contribution in [-0.2, 0) is 39.6 Å². The molecule has 3 saturated heterocycles. The first-order valence-corrected chi connectivity index (χ1v) is 17.1. The maximum Gasteiger partial charge on any atom is 0.330 e. The average Bonchev–Trinajstić information content (AvgIpc) is 3.14. The normalized spacial score (nSPS) is 37.3. The Hall–Kier alpha value is -3.67. The molecule has 0 spiro atoms. The molecule has 0 amide bonds. The highest BCUT2D eigenvalue weighted by Crippen LogP contribution is 2.34. The highest BCUT2D eigenvalue weighted by Gasteiger charge is 2.51. The van der Waals surface area contributed by atoms with Crippen LogP contribution >= 0.6 is 0 Å². The van der Waals surface area contributed by atoms with Crippen molar-refractivity contribution < 1.29 is 94.1 Å². The van der Waals surface area contributed by atoms with E-state index in [4.69, 9.17) is 33.2 Å². The molecular weight excluding hydrogens is 724 g/mol. The summed E-state index contributed by atoms with van der Waals surface area (Å²) in [4.78, 5) is 12.1. The summed E-state index contributed by atoms with van der Waals surface area (Å²) in [6, 6.07) is 8.31. The number of esters is 1. The number of ether oxygens (including phenoxy) is 7. The zero-order chi connectivity index (χ0) is 39.4. The van der Waals surface area contributed by atoms with Crippen molar-refractivity contribution in [2.24, 2.45) is 0 Å². The fraction of sp³-hybridized carbons (Fsp3) is 0.571. The Morgan fingerprint density at radius 2 is 1.35 bits per heavy atom. The zero-order valence-electron chi connectivity index (χ0n) is 29.1. The molecule has 19 heteroatoms. The van der Waals surface area contributed by atoms with Crippen LogP contribution < -0.4 is 4.74 Å². The lowest BCUT2D eigenvalue weighted by Crippen LogP contribution is -2.64. The number of hydrogen-bond acceptors (Lipinski definition) is 19. The van der Waals surface area contributed by atoms with E-state index in [1.54, 1.807) is 6.07 Å². The minimum absolute atomic E-state index is 0.0468. The van der Waals surface area contributed by atoms with E-state index in [1.807, 2.05) is 0 Å². The molecule has 0 radical (unpaired) electrons. The number of aliphatic hydroxyl groups is 8. The molecule has 0 aliphatic carbocycles.